The Morgan fingerprint density at radius 2 is 1.61 bits per heavy atom. The molecule has 1 N–H and O–H groups in total. The van der Waals surface area contributed by atoms with Crippen molar-refractivity contribution in [3.05, 3.63) is 30.4 Å². The predicted molar refractivity (Wildman–Crippen MR) is 111 cm³/mol. The summed E-state index contributed by atoms with van der Waals surface area (Å²) < 4.78 is 4.13. The summed E-state index contributed by atoms with van der Waals surface area (Å²) in [7, 11) is 0. The van der Waals surface area contributed by atoms with Crippen molar-refractivity contribution in [2.45, 2.75) is 87.7 Å². The van der Waals surface area contributed by atoms with Crippen molar-refractivity contribution in [1.29, 1.82) is 0 Å². The van der Waals surface area contributed by atoms with E-state index in [2.05, 4.69) is 20.2 Å². The molecule has 0 radical (unpaired) electrons. The van der Waals surface area contributed by atoms with Gasteiger partial charge in [0.1, 0.15) is 0 Å². The highest BCUT2D eigenvalue weighted by Crippen LogP contribution is 2.33. The van der Waals surface area contributed by atoms with Crippen molar-refractivity contribution in [3.63, 3.8) is 0 Å². The molecule has 0 saturated heterocycles. The maximum atomic E-state index is 12.5. The Morgan fingerprint density at radius 3 is 2.32 bits per heavy atom. The summed E-state index contributed by atoms with van der Waals surface area (Å²) in [4.78, 5) is 12.5. The third kappa shape index (κ3) is 4.80. The molecular formula is C21H31N5OS. The van der Waals surface area contributed by atoms with E-state index < -0.39 is 0 Å². The van der Waals surface area contributed by atoms with Crippen LogP contribution in [0.5, 0.6) is 0 Å². The second-order valence-electron chi connectivity index (χ2n) is 8.10. The molecule has 152 valence electrons. The zero-order valence-electron chi connectivity index (χ0n) is 16.6. The molecule has 0 atom stereocenters. The SMILES string of the molecule is O=C(CSc1nnc(C2CCCCC2)n1-n1cccc1)NC1CCCCCC1. The van der Waals surface area contributed by atoms with Crippen LogP contribution in [0, 0.1) is 0 Å². The van der Waals surface area contributed by atoms with Crippen LogP contribution in [0.15, 0.2) is 29.7 Å². The molecule has 1 amide bonds. The molecule has 2 fully saturated rings. The Labute approximate surface area is 171 Å². The van der Waals surface area contributed by atoms with E-state index in [0.29, 0.717) is 17.7 Å². The van der Waals surface area contributed by atoms with E-state index in [1.54, 1.807) is 0 Å². The van der Waals surface area contributed by atoms with Gasteiger partial charge in [0.05, 0.1) is 5.75 Å². The van der Waals surface area contributed by atoms with Crippen molar-refractivity contribution in [2.75, 3.05) is 5.75 Å². The van der Waals surface area contributed by atoms with E-state index in [1.165, 1.54) is 69.5 Å². The van der Waals surface area contributed by atoms with E-state index in [1.807, 2.05) is 29.2 Å². The van der Waals surface area contributed by atoms with E-state index in [0.717, 1.165) is 23.8 Å². The van der Waals surface area contributed by atoms with Crippen LogP contribution in [0.1, 0.15) is 82.4 Å². The summed E-state index contributed by atoms with van der Waals surface area (Å²) in [5.74, 6) is 1.99. The molecule has 0 aliphatic heterocycles. The first-order valence-electron chi connectivity index (χ1n) is 10.8. The summed E-state index contributed by atoms with van der Waals surface area (Å²) in [5.41, 5.74) is 0. The molecule has 2 aliphatic carbocycles. The van der Waals surface area contributed by atoms with Crippen LogP contribution in [0.3, 0.4) is 0 Å². The van der Waals surface area contributed by atoms with E-state index in [-0.39, 0.29) is 5.91 Å². The van der Waals surface area contributed by atoms with Crippen molar-refractivity contribution >= 4 is 17.7 Å². The number of carbonyl (C=O) groups is 1. The lowest BCUT2D eigenvalue weighted by Crippen LogP contribution is -2.35. The third-order valence-corrected chi connectivity index (χ3v) is 6.90. The number of thioether (sulfide) groups is 1. The van der Waals surface area contributed by atoms with Gasteiger partial charge in [-0.3, -0.25) is 9.47 Å². The summed E-state index contributed by atoms with van der Waals surface area (Å²) in [6.45, 7) is 0. The fourth-order valence-corrected chi connectivity index (χ4v) is 5.23. The van der Waals surface area contributed by atoms with Crippen LogP contribution in [0.2, 0.25) is 0 Å². The smallest absolute Gasteiger partial charge is 0.230 e. The van der Waals surface area contributed by atoms with Gasteiger partial charge in [0.25, 0.3) is 0 Å². The average molecular weight is 402 g/mol. The highest BCUT2D eigenvalue weighted by molar-refractivity contribution is 7.99. The van der Waals surface area contributed by atoms with Gasteiger partial charge in [-0.05, 0) is 37.8 Å². The molecule has 6 nitrogen and oxygen atoms in total. The van der Waals surface area contributed by atoms with Crippen LogP contribution < -0.4 is 5.32 Å². The summed E-state index contributed by atoms with van der Waals surface area (Å²) in [6, 6.07) is 4.37. The van der Waals surface area contributed by atoms with Gasteiger partial charge in [-0.1, -0.05) is 56.7 Å². The van der Waals surface area contributed by atoms with Gasteiger partial charge in [0.2, 0.25) is 11.1 Å². The minimum atomic E-state index is 0.109. The summed E-state index contributed by atoms with van der Waals surface area (Å²) in [5, 5.41) is 13.0. The molecule has 0 spiro atoms. The Bertz CT molecular complexity index is 743. The monoisotopic (exact) mass is 401 g/mol. The van der Waals surface area contributed by atoms with Crippen LogP contribution in [0.25, 0.3) is 0 Å². The largest absolute Gasteiger partial charge is 0.353 e. The van der Waals surface area contributed by atoms with Crippen LogP contribution in [-0.4, -0.2) is 37.3 Å². The quantitative estimate of drug-likeness (QED) is 0.577. The predicted octanol–water partition coefficient (Wildman–Crippen LogP) is 4.37. The van der Waals surface area contributed by atoms with Gasteiger partial charge in [-0.25, -0.2) is 4.68 Å². The lowest BCUT2D eigenvalue weighted by molar-refractivity contribution is -0.119. The Balaban J connectivity index is 1.43. The summed E-state index contributed by atoms with van der Waals surface area (Å²) in [6.07, 6.45) is 17.5. The van der Waals surface area contributed by atoms with Gasteiger partial charge < -0.3 is 5.32 Å². The first-order chi connectivity index (χ1) is 13.8. The van der Waals surface area contributed by atoms with Crippen molar-refractivity contribution in [1.82, 2.24) is 24.9 Å². The van der Waals surface area contributed by atoms with Gasteiger partial charge in [-0.15, -0.1) is 10.2 Å². The van der Waals surface area contributed by atoms with E-state index >= 15 is 0 Å². The van der Waals surface area contributed by atoms with Crippen molar-refractivity contribution < 1.29 is 4.79 Å². The van der Waals surface area contributed by atoms with E-state index in [9.17, 15) is 4.79 Å². The van der Waals surface area contributed by atoms with Crippen LogP contribution >= 0.6 is 11.8 Å². The number of aromatic nitrogens is 4. The Morgan fingerprint density at radius 1 is 0.964 bits per heavy atom. The lowest BCUT2D eigenvalue weighted by atomic mass is 9.89. The molecule has 2 heterocycles. The van der Waals surface area contributed by atoms with Crippen LogP contribution in [-0.2, 0) is 4.79 Å². The van der Waals surface area contributed by atoms with Crippen LogP contribution in [0.4, 0.5) is 0 Å². The molecule has 0 bridgehead atoms. The van der Waals surface area contributed by atoms with E-state index in [4.69, 9.17) is 0 Å². The minimum absolute atomic E-state index is 0.109. The molecule has 4 rings (SSSR count). The highest BCUT2D eigenvalue weighted by atomic mass is 32.2. The Hall–Kier alpha value is -1.76. The normalized spacial score (nSPS) is 19.4. The molecule has 28 heavy (non-hydrogen) atoms. The number of hydrogen-bond donors (Lipinski definition) is 1. The zero-order chi connectivity index (χ0) is 19.2. The topological polar surface area (TPSA) is 64.7 Å². The standard InChI is InChI=1S/C21H31N5OS/c27-19(22-18-12-6-1-2-7-13-18)16-28-21-24-23-20(17-10-4-3-5-11-17)26(21)25-14-8-9-15-25/h8-9,14-15,17-18H,1-7,10-13,16H2,(H,22,27). The van der Waals surface area contributed by atoms with Gasteiger partial charge in [-0.2, -0.15) is 0 Å². The maximum absolute atomic E-state index is 12.5. The molecule has 2 aromatic rings. The number of nitrogens with zero attached hydrogens (tertiary/aromatic N) is 4. The molecule has 0 unspecified atom stereocenters. The number of hydrogen-bond acceptors (Lipinski definition) is 4. The fraction of sp³-hybridized carbons (Fsp3) is 0.667. The van der Waals surface area contributed by atoms with Gasteiger partial charge in [0.15, 0.2) is 5.82 Å². The van der Waals surface area contributed by atoms with Gasteiger partial charge in [0, 0.05) is 24.4 Å². The molecule has 2 aromatic heterocycles. The molecular weight excluding hydrogens is 370 g/mol. The second-order valence-corrected chi connectivity index (χ2v) is 9.04. The number of nitrogens with one attached hydrogen (secondary N) is 1. The first-order valence-corrected chi connectivity index (χ1v) is 11.8. The Kier molecular flexibility index (Phi) is 6.73. The average Bonchev–Trinajstić information content (AvgIpc) is 3.32. The van der Waals surface area contributed by atoms with Crippen molar-refractivity contribution in [3.8, 4) is 0 Å². The zero-order valence-corrected chi connectivity index (χ0v) is 17.4. The number of amides is 1. The molecule has 7 heteroatoms. The molecule has 2 saturated carbocycles. The summed E-state index contributed by atoms with van der Waals surface area (Å²) >= 11 is 1.49. The number of rotatable bonds is 6. The van der Waals surface area contributed by atoms with Gasteiger partial charge >= 0.3 is 0 Å². The maximum Gasteiger partial charge on any atom is 0.230 e. The number of carbonyl (C=O) groups excluding carboxylic acids is 1. The molecule has 2 aliphatic rings. The minimum Gasteiger partial charge on any atom is -0.353 e. The second kappa shape index (κ2) is 9.63. The lowest BCUT2D eigenvalue weighted by Gasteiger charge is -2.22. The van der Waals surface area contributed by atoms with Crippen molar-refractivity contribution in [2.24, 2.45) is 0 Å². The first kappa shape index (κ1) is 19.6. The molecule has 0 aromatic carbocycles. The fourth-order valence-electron chi connectivity index (χ4n) is 4.48. The highest BCUT2D eigenvalue weighted by Gasteiger charge is 2.25. The third-order valence-electron chi connectivity index (χ3n) is 5.98.